The van der Waals surface area contributed by atoms with Crippen LogP contribution in [0, 0.1) is 0 Å². The van der Waals surface area contributed by atoms with Crippen LogP contribution in [0.1, 0.15) is 18.4 Å². The zero-order valence-electron chi connectivity index (χ0n) is 17.4. The third kappa shape index (κ3) is 4.62. The molecule has 0 aromatic heterocycles. The number of sulfonamides is 1. The fourth-order valence-electron chi connectivity index (χ4n) is 3.85. The Morgan fingerprint density at radius 2 is 1.87 bits per heavy atom. The van der Waals surface area contributed by atoms with Crippen molar-refractivity contribution in [3.63, 3.8) is 0 Å². The molecule has 9 heteroatoms. The number of nitrogens with one attached hydrogen (secondary N) is 1. The summed E-state index contributed by atoms with van der Waals surface area (Å²) in [6.07, 6.45) is 1.79. The molecule has 4 rings (SSSR count). The van der Waals surface area contributed by atoms with E-state index in [1.165, 1.54) is 16.4 Å². The molecule has 1 atom stereocenters. The predicted molar refractivity (Wildman–Crippen MR) is 114 cm³/mol. The van der Waals surface area contributed by atoms with Crippen LogP contribution in [-0.4, -0.2) is 58.1 Å². The van der Waals surface area contributed by atoms with Crippen molar-refractivity contribution in [1.82, 2.24) is 9.62 Å². The SMILES string of the molecule is COc1ccc(CCNC(=O)C2CCCN2S(=O)(=O)c2ccc3c(c2)OCCO3)cc1. The lowest BCUT2D eigenvalue weighted by Crippen LogP contribution is -2.46. The maximum absolute atomic E-state index is 13.2. The van der Waals surface area contributed by atoms with E-state index >= 15 is 0 Å². The van der Waals surface area contributed by atoms with Crippen LogP contribution in [-0.2, 0) is 21.2 Å². The minimum atomic E-state index is -3.83. The first-order chi connectivity index (χ1) is 15.0. The molecule has 0 spiro atoms. The number of nitrogens with zero attached hydrogens (tertiary/aromatic N) is 1. The third-order valence-electron chi connectivity index (χ3n) is 5.50. The van der Waals surface area contributed by atoms with Crippen molar-refractivity contribution in [1.29, 1.82) is 0 Å². The molecule has 2 aromatic rings. The fourth-order valence-corrected chi connectivity index (χ4v) is 5.52. The van der Waals surface area contributed by atoms with Crippen molar-refractivity contribution in [3.05, 3.63) is 48.0 Å². The molecule has 8 nitrogen and oxygen atoms in total. The Morgan fingerprint density at radius 1 is 1.13 bits per heavy atom. The summed E-state index contributed by atoms with van der Waals surface area (Å²) < 4.78 is 43.9. The molecule has 2 aromatic carbocycles. The Kier molecular flexibility index (Phi) is 6.33. The molecule has 0 radical (unpaired) electrons. The van der Waals surface area contributed by atoms with Gasteiger partial charge in [0.15, 0.2) is 11.5 Å². The monoisotopic (exact) mass is 446 g/mol. The van der Waals surface area contributed by atoms with Crippen LogP contribution >= 0.6 is 0 Å². The van der Waals surface area contributed by atoms with Crippen LogP contribution in [0.3, 0.4) is 0 Å². The molecule has 0 saturated carbocycles. The predicted octanol–water partition coefficient (Wildman–Crippen LogP) is 1.98. The van der Waals surface area contributed by atoms with Crippen molar-refractivity contribution in [2.24, 2.45) is 0 Å². The zero-order valence-corrected chi connectivity index (χ0v) is 18.2. The molecule has 1 N–H and O–H groups in total. The number of hydrogen-bond donors (Lipinski definition) is 1. The normalized spacial score (nSPS) is 18.5. The van der Waals surface area contributed by atoms with E-state index in [1.807, 2.05) is 24.3 Å². The first kappa shape index (κ1) is 21.5. The molecule has 2 aliphatic heterocycles. The van der Waals surface area contributed by atoms with E-state index in [4.69, 9.17) is 14.2 Å². The summed E-state index contributed by atoms with van der Waals surface area (Å²) in [6.45, 7) is 1.55. The largest absolute Gasteiger partial charge is 0.497 e. The summed E-state index contributed by atoms with van der Waals surface area (Å²) in [5.74, 6) is 1.44. The zero-order chi connectivity index (χ0) is 21.8. The molecule has 166 valence electrons. The average Bonchev–Trinajstić information content (AvgIpc) is 3.30. The van der Waals surface area contributed by atoms with E-state index in [9.17, 15) is 13.2 Å². The van der Waals surface area contributed by atoms with Crippen LogP contribution in [0.4, 0.5) is 0 Å². The molecule has 0 aliphatic carbocycles. The van der Waals surface area contributed by atoms with Gasteiger partial charge in [-0.3, -0.25) is 4.79 Å². The second kappa shape index (κ2) is 9.15. The fraction of sp³-hybridized carbons (Fsp3) is 0.409. The lowest BCUT2D eigenvalue weighted by molar-refractivity contribution is -0.124. The number of rotatable bonds is 7. The molecule has 2 aliphatic rings. The number of fused-ring (bicyclic) bond motifs is 1. The van der Waals surface area contributed by atoms with Gasteiger partial charge in [0.2, 0.25) is 15.9 Å². The van der Waals surface area contributed by atoms with Gasteiger partial charge in [-0.15, -0.1) is 0 Å². The second-order valence-electron chi connectivity index (χ2n) is 7.47. The summed E-state index contributed by atoms with van der Waals surface area (Å²) in [6, 6.07) is 11.5. The average molecular weight is 447 g/mol. The highest BCUT2D eigenvalue weighted by Crippen LogP contribution is 2.34. The minimum Gasteiger partial charge on any atom is -0.497 e. The Hall–Kier alpha value is -2.78. The molecular weight excluding hydrogens is 420 g/mol. The van der Waals surface area contributed by atoms with Gasteiger partial charge >= 0.3 is 0 Å². The van der Waals surface area contributed by atoms with Crippen molar-refractivity contribution in [3.8, 4) is 17.2 Å². The van der Waals surface area contributed by atoms with Crippen molar-refractivity contribution in [2.75, 3.05) is 33.4 Å². The Bertz CT molecular complexity index is 1040. The maximum atomic E-state index is 13.2. The Balaban J connectivity index is 1.41. The third-order valence-corrected chi connectivity index (χ3v) is 7.40. The van der Waals surface area contributed by atoms with E-state index in [0.29, 0.717) is 57.1 Å². The summed E-state index contributed by atoms with van der Waals surface area (Å²) in [5.41, 5.74) is 1.06. The van der Waals surface area contributed by atoms with E-state index < -0.39 is 16.1 Å². The molecule has 1 saturated heterocycles. The number of carbonyl (C=O) groups excluding carboxylic acids is 1. The molecule has 1 amide bonds. The van der Waals surface area contributed by atoms with Gasteiger partial charge in [-0.2, -0.15) is 4.31 Å². The molecular formula is C22H26N2O6S. The van der Waals surface area contributed by atoms with E-state index in [1.54, 1.807) is 13.2 Å². The van der Waals surface area contributed by atoms with Gasteiger partial charge in [0.1, 0.15) is 25.0 Å². The van der Waals surface area contributed by atoms with Crippen molar-refractivity contribution in [2.45, 2.75) is 30.2 Å². The number of benzene rings is 2. The number of carbonyl (C=O) groups is 1. The van der Waals surface area contributed by atoms with Gasteiger partial charge in [0.25, 0.3) is 0 Å². The summed E-state index contributed by atoms with van der Waals surface area (Å²) in [4.78, 5) is 12.9. The van der Waals surface area contributed by atoms with E-state index in [-0.39, 0.29) is 10.8 Å². The van der Waals surface area contributed by atoms with Gasteiger partial charge in [0, 0.05) is 19.2 Å². The highest BCUT2D eigenvalue weighted by Gasteiger charge is 2.39. The molecule has 2 heterocycles. The highest BCUT2D eigenvalue weighted by atomic mass is 32.2. The second-order valence-corrected chi connectivity index (χ2v) is 9.36. The van der Waals surface area contributed by atoms with Crippen molar-refractivity contribution >= 4 is 15.9 Å². The first-order valence-corrected chi connectivity index (χ1v) is 11.8. The maximum Gasteiger partial charge on any atom is 0.243 e. The summed E-state index contributed by atoms with van der Waals surface area (Å²) >= 11 is 0. The van der Waals surface area contributed by atoms with Crippen LogP contribution in [0.5, 0.6) is 17.2 Å². The van der Waals surface area contributed by atoms with E-state index in [2.05, 4.69) is 5.32 Å². The van der Waals surface area contributed by atoms with Crippen LogP contribution < -0.4 is 19.5 Å². The Morgan fingerprint density at radius 3 is 2.61 bits per heavy atom. The number of amides is 1. The van der Waals surface area contributed by atoms with Gasteiger partial charge in [0.05, 0.1) is 12.0 Å². The van der Waals surface area contributed by atoms with Crippen LogP contribution in [0.15, 0.2) is 47.4 Å². The summed E-state index contributed by atoms with van der Waals surface area (Å²) in [5, 5.41) is 2.88. The van der Waals surface area contributed by atoms with Gasteiger partial charge in [-0.05, 0) is 49.1 Å². The Labute approximate surface area is 182 Å². The number of methoxy groups -OCH3 is 1. The van der Waals surface area contributed by atoms with Gasteiger partial charge < -0.3 is 19.5 Å². The van der Waals surface area contributed by atoms with Gasteiger partial charge in [-0.25, -0.2) is 8.42 Å². The van der Waals surface area contributed by atoms with E-state index in [0.717, 1.165) is 11.3 Å². The molecule has 0 bridgehead atoms. The highest BCUT2D eigenvalue weighted by molar-refractivity contribution is 7.89. The standard InChI is InChI=1S/C22H26N2O6S/c1-28-17-6-4-16(5-7-17)10-11-23-22(25)19-3-2-12-24(19)31(26,27)18-8-9-20-21(15-18)30-14-13-29-20/h4-9,15,19H,2-3,10-14H2,1H3,(H,23,25). The lowest BCUT2D eigenvalue weighted by atomic mass is 10.1. The molecule has 31 heavy (non-hydrogen) atoms. The van der Waals surface area contributed by atoms with Crippen LogP contribution in [0.25, 0.3) is 0 Å². The van der Waals surface area contributed by atoms with Crippen molar-refractivity contribution < 1.29 is 27.4 Å². The smallest absolute Gasteiger partial charge is 0.243 e. The first-order valence-electron chi connectivity index (χ1n) is 10.3. The molecule has 1 unspecified atom stereocenters. The minimum absolute atomic E-state index is 0.106. The molecule has 1 fully saturated rings. The summed E-state index contributed by atoms with van der Waals surface area (Å²) in [7, 11) is -2.22. The lowest BCUT2D eigenvalue weighted by Gasteiger charge is -2.24. The number of hydrogen-bond acceptors (Lipinski definition) is 6. The number of ether oxygens (including phenoxy) is 3. The quantitative estimate of drug-likeness (QED) is 0.699. The van der Waals surface area contributed by atoms with Crippen LogP contribution in [0.2, 0.25) is 0 Å². The topological polar surface area (TPSA) is 94.2 Å². The van der Waals surface area contributed by atoms with Gasteiger partial charge in [-0.1, -0.05) is 12.1 Å².